The second kappa shape index (κ2) is 19.6. The molecule has 0 heterocycles. The summed E-state index contributed by atoms with van der Waals surface area (Å²) >= 11 is 0. The van der Waals surface area contributed by atoms with E-state index in [4.69, 9.17) is 35.4 Å². The quantitative estimate of drug-likeness (QED) is 0.0538. The minimum atomic E-state index is -1.69. The number of fused-ring (bicyclic) bond motifs is 3. The van der Waals surface area contributed by atoms with Crippen molar-refractivity contribution in [2.75, 3.05) is 11.9 Å². The number of alkyl carbamates (subject to hydrolysis) is 1. The molecule has 4 aromatic carbocycles. The molecule has 2 atom stereocenters. The molecule has 2 amide bonds. The van der Waals surface area contributed by atoms with Crippen molar-refractivity contribution >= 4 is 41.3 Å². The van der Waals surface area contributed by atoms with Gasteiger partial charge in [0, 0.05) is 36.2 Å². The number of ether oxygens (including phenoxy) is 1. The highest BCUT2D eigenvalue weighted by atomic mass is 16.6. The molecular weight excluding hydrogens is 710 g/mol. The fraction of sp³-hybridized carbons (Fsp3) is 0.216. The summed E-state index contributed by atoms with van der Waals surface area (Å²) in [5.74, 6) is -4.75. The van der Waals surface area contributed by atoms with Gasteiger partial charge in [-0.25, -0.2) is 9.59 Å². The first-order valence-electron chi connectivity index (χ1n) is 16.1. The molecule has 0 spiro atoms. The standard InChI is InChI=1S/C19H19NO4.C10H10N2O5.C8H8O5/c1-12(10-18(21)22)20-19(23)24-11-17-15-8-4-2-6-13(15)14-7-3-5-9-16(14)17;13-9(4-5-10(14)15)11-7-2-1-3-8(6-7)12(16)17;9-5-2-1-4(3-6(5)10)7(11)8(12)13/h2-9,12,17H,10-11H2,1H3,(H,20,23)(H,21,22);1-3,6H,4-5H2,(H,11,13)(H,14,15);1-3,7,9-11H,(H,12,13). The van der Waals surface area contributed by atoms with E-state index in [1.54, 1.807) is 6.92 Å². The second-order valence-corrected chi connectivity index (χ2v) is 11.7. The first-order valence-corrected chi connectivity index (χ1v) is 16.1. The molecule has 2 unspecified atom stereocenters. The monoisotopic (exact) mass is 747 g/mol. The average Bonchev–Trinajstić information content (AvgIpc) is 3.44. The number of aliphatic hydroxyl groups excluding tert-OH is 1. The van der Waals surface area contributed by atoms with Crippen LogP contribution in [0.3, 0.4) is 0 Å². The third kappa shape index (κ3) is 12.3. The predicted molar refractivity (Wildman–Crippen MR) is 191 cm³/mol. The van der Waals surface area contributed by atoms with E-state index in [1.807, 2.05) is 36.4 Å². The first-order chi connectivity index (χ1) is 25.6. The lowest BCUT2D eigenvalue weighted by Gasteiger charge is -2.16. The van der Waals surface area contributed by atoms with E-state index in [2.05, 4.69) is 22.8 Å². The third-order valence-electron chi connectivity index (χ3n) is 7.64. The lowest BCUT2D eigenvalue weighted by Crippen LogP contribution is -2.35. The Hall–Kier alpha value is -7.01. The number of nitrogens with zero attached hydrogens (tertiary/aromatic N) is 1. The Morgan fingerprint density at radius 2 is 1.41 bits per heavy atom. The molecular formula is C37H37N3O14. The summed E-state index contributed by atoms with van der Waals surface area (Å²) in [7, 11) is 0. The van der Waals surface area contributed by atoms with Crippen LogP contribution in [0.5, 0.6) is 11.5 Å². The Bertz CT molecular complexity index is 1950. The molecule has 1 aliphatic rings. The third-order valence-corrected chi connectivity index (χ3v) is 7.64. The number of hydrogen-bond donors (Lipinski definition) is 8. The summed E-state index contributed by atoms with van der Waals surface area (Å²) < 4.78 is 5.35. The molecule has 0 aromatic heterocycles. The van der Waals surface area contributed by atoms with Crippen molar-refractivity contribution in [3.05, 3.63) is 118 Å². The maximum atomic E-state index is 11.9. The number of benzene rings is 4. The SMILES string of the molecule is CC(CC(=O)O)NC(=O)OCC1c2ccccc2-c2ccccc21.O=C(O)C(O)c1ccc(O)c(O)c1.O=C(O)CCC(=O)Nc1cccc([N+](=O)[O-])c1. The van der Waals surface area contributed by atoms with Gasteiger partial charge < -0.3 is 46.0 Å². The van der Waals surface area contributed by atoms with Gasteiger partial charge in [0.25, 0.3) is 5.69 Å². The lowest BCUT2D eigenvalue weighted by atomic mass is 9.98. The highest BCUT2D eigenvalue weighted by Gasteiger charge is 2.29. The minimum absolute atomic E-state index is 0.00192. The van der Waals surface area contributed by atoms with Gasteiger partial charge in [-0.3, -0.25) is 24.5 Å². The van der Waals surface area contributed by atoms with Crippen LogP contribution in [0.15, 0.2) is 91.0 Å². The lowest BCUT2D eigenvalue weighted by molar-refractivity contribution is -0.384. The summed E-state index contributed by atoms with van der Waals surface area (Å²) in [4.78, 5) is 64.2. The number of amides is 2. The number of phenolic OH excluding ortho intramolecular Hbond substituents is 2. The average molecular weight is 748 g/mol. The van der Waals surface area contributed by atoms with E-state index < -0.39 is 52.7 Å². The molecule has 0 fully saturated rings. The van der Waals surface area contributed by atoms with Crippen LogP contribution in [0.2, 0.25) is 0 Å². The van der Waals surface area contributed by atoms with Crippen LogP contribution in [-0.2, 0) is 23.9 Å². The Morgan fingerprint density at radius 3 is 1.94 bits per heavy atom. The summed E-state index contributed by atoms with van der Waals surface area (Å²) in [6.07, 6.45) is -2.86. The highest BCUT2D eigenvalue weighted by molar-refractivity contribution is 5.92. The number of non-ortho nitro benzene ring substituents is 1. The first kappa shape index (κ1) is 41.4. The molecule has 0 saturated heterocycles. The highest BCUT2D eigenvalue weighted by Crippen LogP contribution is 2.44. The topological polar surface area (TPSA) is 283 Å². The number of rotatable bonds is 12. The Balaban J connectivity index is 0.000000230. The number of carboxylic acid groups (broad SMARTS) is 3. The zero-order chi connectivity index (χ0) is 39.9. The number of aliphatic hydroxyl groups is 1. The number of phenols is 2. The minimum Gasteiger partial charge on any atom is -0.504 e. The zero-order valence-electron chi connectivity index (χ0n) is 28.6. The van der Waals surface area contributed by atoms with Crippen molar-refractivity contribution in [1.29, 1.82) is 0 Å². The van der Waals surface area contributed by atoms with Crippen molar-refractivity contribution in [2.24, 2.45) is 0 Å². The van der Waals surface area contributed by atoms with Crippen molar-refractivity contribution < 1.29 is 64.3 Å². The van der Waals surface area contributed by atoms with Crippen molar-refractivity contribution in [1.82, 2.24) is 5.32 Å². The maximum Gasteiger partial charge on any atom is 0.407 e. The normalized spacial score (nSPS) is 12.1. The molecule has 5 rings (SSSR count). The molecule has 0 bridgehead atoms. The molecule has 1 aliphatic carbocycles. The number of nitrogens with one attached hydrogen (secondary N) is 2. The smallest absolute Gasteiger partial charge is 0.407 e. The number of aromatic hydroxyl groups is 2. The van der Waals surface area contributed by atoms with E-state index in [-0.39, 0.29) is 54.5 Å². The fourth-order valence-corrected chi connectivity index (χ4v) is 5.15. The van der Waals surface area contributed by atoms with Crippen LogP contribution >= 0.6 is 0 Å². The van der Waals surface area contributed by atoms with Gasteiger partial charge in [-0.15, -0.1) is 0 Å². The summed E-state index contributed by atoms with van der Waals surface area (Å²) in [5, 5.41) is 67.8. The number of nitro benzene ring substituents is 1. The summed E-state index contributed by atoms with van der Waals surface area (Å²) in [6, 6.07) is 24.5. The number of hydrogen-bond acceptors (Lipinski definition) is 11. The second-order valence-electron chi connectivity index (χ2n) is 11.7. The molecule has 17 heteroatoms. The van der Waals surface area contributed by atoms with Gasteiger partial charge in [-0.2, -0.15) is 0 Å². The summed E-state index contributed by atoms with van der Waals surface area (Å²) in [5.41, 5.74) is 4.77. The maximum absolute atomic E-state index is 11.9. The number of nitro groups is 1. The predicted octanol–water partition coefficient (Wildman–Crippen LogP) is 5.00. The largest absolute Gasteiger partial charge is 0.504 e. The van der Waals surface area contributed by atoms with Crippen molar-refractivity contribution in [2.45, 2.75) is 44.2 Å². The van der Waals surface area contributed by atoms with Crippen molar-refractivity contribution in [3.8, 4) is 22.6 Å². The number of carbonyl (C=O) groups is 5. The van der Waals surface area contributed by atoms with Gasteiger partial charge in [0.1, 0.15) is 6.61 Å². The van der Waals surface area contributed by atoms with Crippen LogP contribution < -0.4 is 10.6 Å². The molecule has 54 heavy (non-hydrogen) atoms. The van der Waals surface area contributed by atoms with Crippen LogP contribution in [0, 0.1) is 10.1 Å². The van der Waals surface area contributed by atoms with Gasteiger partial charge in [0.2, 0.25) is 5.91 Å². The molecule has 0 radical (unpaired) electrons. The number of carboxylic acids is 3. The van der Waals surface area contributed by atoms with E-state index >= 15 is 0 Å². The molecule has 17 nitrogen and oxygen atoms in total. The van der Waals surface area contributed by atoms with Gasteiger partial charge in [-0.05, 0) is 52.9 Å². The number of carbonyl (C=O) groups excluding carboxylic acids is 2. The number of aliphatic carboxylic acids is 3. The Kier molecular flexibility index (Phi) is 15.0. The van der Waals surface area contributed by atoms with Gasteiger partial charge in [0.05, 0.1) is 17.8 Å². The van der Waals surface area contributed by atoms with E-state index in [9.17, 15) is 34.1 Å². The molecule has 8 N–H and O–H groups in total. The van der Waals surface area contributed by atoms with Crippen molar-refractivity contribution in [3.63, 3.8) is 0 Å². The fourth-order valence-electron chi connectivity index (χ4n) is 5.15. The molecule has 0 aliphatic heterocycles. The van der Waals surface area contributed by atoms with Crippen LogP contribution in [0.25, 0.3) is 11.1 Å². The van der Waals surface area contributed by atoms with E-state index in [0.29, 0.717) is 0 Å². The van der Waals surface area contributed by atoms with Crippen LogP contribution in [-0.4, -0.2) is 78.1 Å². The van der Waals surface area contributed by atoms with Crippen LogP contribution in [0.4, 0.5) is 16.2 Å². The summed E-state index contributed by atoms with van der Waals surface area (Å²) in [6.45, 7) is 1.86. The van der Waals surface area contributed by atoms with Gasteiger partial charge in [0.15, 0.2) is 17.6 Å². The molecule has 4 aromatic rings. The van der Waals surface area contributed by atoms with Gasteiger partial charge in [-0.1, -0.05) is 60.7 Å². The van der Waals surface area contributed by atoms with E-state index in [0.717, 1.165) is 23.3 Å². The Labute approximate surface area is 307 Å². The molecule has 0 saturated carbocycles. The number of anilines is 1. The van der Waals surface area contributed by atoms with E-state index in [1.165, 1.54) is 41.5 Å². The van der Waals surface area contributed by atoms with Gasteiger partial charge >= 0.3 is 24.0 Å². The van der Waals surface area contributed by atoms with Crippen LogP contribution in [0.1, 0.15) is 54.9 Å². The zero-order valence-corrected chi connectivity index (χ0v) is 28.6. The molecule has 284 valence electrons. The Morgan fingerprint density at radius 1 is 0.796 bits per heavy atom.